The molecule has 18 heteroatoms. The molecule has 1 fully saturated rings. The van der Waals surface area contributed by atoms with Crippen LogP contribution in [0.3, 0.4) is 0 Å². The number of hydrogen-bond donors (Lipinski definition) is 4. The average Bonchev–Trinajstić information content (AvgIpc) is 3.13. The third-order valence-electron chi connectivity index (χ3n) is 8.50. The first-order valence-corrected chi connectivity index (χ1v) is 16.2. The van der Waals surface area contributed by atoms with Gasteiger partial charge < -0.3 is 27.0 Å². The first-order chi connectivity index (χ1) is 25.2. The van der Waals surface area contributed by atoms with Crippen molar-refractivity contribution in [1.82, 2.24) is 29.9 Å². The number of nitrogens with one attached hydrogen (secondary N) is 2. The molecule has 0 saturated carbocycles. The summed E-state index contributed by atoms with van der Waals surface area (Å²) in [6.45, 7) is 1.45. The van der Waals surface area contributed by atoms with Gasteiger partial charge in [0, 0.05) is 44.0 Å². The van der Waals surface area contributed by atoms with Gasteiger partial charge in [0.15, 0.2) is 11.3 Å². The molecule has 0 unspecified atom stereocenters. The van der Waals surface area contributed by atoms with E-state index in [0.29, 0.717) is 28.1 Å². The van der Waals surface area contributed by atoms with Crippen molar-refractivity contribution in [2.45, 2.75) is 31.6 Å². The van der Waals surface area contributed by atoms with Crippen molar-refractivity contribution in [1.29, 1.82) is 0 Å². The number of fused-ring (bicyclic) bond motifs is 2. The number of nitrogen functional groups attached to an aromatic ring is 2. The van der Waals surface area contributed by atoms with Gasteiger partial charge in [-0.3, -0.25) is 0 Å². The number of benzene rings is 2. The van der Waals surface area contributed by atoms with Crippen LogP contribution in [0.1, 0.15) is 30.4 Å². The minimum Gasteiger partial charge on any atom is -0.372 e. The quantitative estimate of drug-likeness (QED) is 0.128. The summed E-state index contributed by atoms with van der Waals surface area (Å²) in [5.41, 5.74) is 9.83. The second kappa shape index (κ2) is 14.5. The number of nitrogens with two attached hydrogens (primary N) is 2. The van der Waals surface area contributed by atoms with Crippen molar-refractivity contribution in [3.63, 3.8) is 0 Å². The molecule has 6 N–H and O–H groups in total. The lowest BCUT2D eigenvalue weighted by atomic mass is 9.98. The van der Waals surface area contributed by atoms with E-state index in [1.165, 1.54) is 18.2 Å². The largest absolute Gasteiger partial charge is 0.417 e. The minimum atomic E-state index is -4.71. The van der Waals surface area contributed by atoms with E-state index in [2.05, 4.69) is 40.5 Å². The van der Waals surface area contributed by atoms with E-state index in [4.69, 9.17) is 11.5 Å². The maximum atomic E-state index is 14.1. The Morgan fingerprint density at radius 3 is 1.55 bits per heavy atom. The minimum absolute atomic E-state index is 0.00635. The Kier molecular flexibility index (Phi) is 10.1. The molecule has 6 aromatic rings. The number of piperidine rings is 1. The van der Waals surface area contributed by atoms with Gasteiger partial charge in [-0.25, -0.2) is 14.4 Å². The van der Waals surface area contributed by atoms with Crippen LogP contribution in [0.4, 0.5) is 60.0 Å². The fourth-order valence-electron chi connectivity index (χ4n) is 6.18. The summed E-state index contributed by atoms with van der Waals surface area (Å²) >= 11 is 0. The molecular formula is C35H32F7N11. The molecule has 0 amide bonds. The molecule has 7 rings (SSSR count). The van der Waals surface area contributed by atoms with Crippen molar-refractivity contribution in [2.24, 2.45) is 0 Å². The van der Waals surface area contributed by atoms with Gasteiger partial charge in [-0.05, 0) is 67.8 Å². The fraction of sp³-hybridized carbons (Fsp3) is 0.257. The van der Waals surface area contributed by atoms with E-state index >= 15 is 0 Å². The van der Waals surface area contributed by atoms with E-state index < -0.39 is 34.9 Å². The van der Waals surface area contributed by atoms with Gasteiger partial charge in [-0.15, -0.1) is 0 Å². The molecule has 276 valence electrons. The maximum Gasteiger partial charge on any atom is 0.417 e. The zero-order valence-electron chi connectivity index (χ0n) is 28.2. The number of pyridine rings is 2. The van der Waals surface area contributed by atoms with Gasteiger partial charge in [0.05, 0.1) is 33.3 Å². The van der Waals surface area contributed by atoms with Crippen molar-refractivity contribution in [3.8, 4) is 22.5 Å². The number of rotatable bonds is 5. The van der Waals surface area contributed by atoms with Crippen molar-refractivity contribution < 1.29 is 30.7 Å². The summed E-state index contributed by atoms with van der Waals surface area (Å²) in [5.74, 6) is -0.256. The number of aromatic nitrogens is 6. The predicted octanol–water partition coefficient (Wildman–Crippen LogP) is 7.80. The lowest BCUT2D eigenvalue weighted by Crippen LogP contribution is -2.30. The summed E-state index contributed by atoms with van der Waals surface area (Å²) in [4.78, 5) is 26.6. The topological polar surface area (TPSA) is 157 Å². The Hall–Kier alpha value is -6.07. The highest BCUT2D eigenvalue weighted by molar-refractivity contribution is 5.91. The Balaban J connectivity index is 0.000000185. The first-order valence-electron chi connectivity index (χ1n) is 16.2. The highest BCUT2D eigenvalue weighted by Crippen LogP contribution is 2.43. The monoisotopic (exact) mass is 739 g/mol. The molecular weight excluding hydrogens is 707 g/mol. The van der Waals surface area contributed by atoms with Crippen LogP contribution in [0.5, 0.6) is 0 Å². The van der Waals surface area contributed by atoms with Crippen LogP contribution in [0, 0.1) is 5.82 Å². The number of nitrogens with zero attached hydrogens (tertiary/aromatic N) is 7. The van der Waals surface area contributed by atoms with Gasteiger partial charge in [0.2, 0.25) is 11.9 Å². The summed E-state index contributed by atoms with van der Waals surface area (Å²) in [6.07, 6.45) is -6.22. The highest BCUT2D eigenvalue weighted by atomic mass is 19.4. The Bertz CT molecular complexity index is 2290. The zero-order valence-corrected chi connectivity index (χ0v) is 28.2. The second-order valence-electron chi connectivity index (χ2n) is 11.9. The molecule has 0 atom stereocenters. The van der Waals surface area contributed by atoms with Gasteiger partial charge in [-0.2, -0.15) is 46.3 Å². The molecule has 0 radical (unpaired) electrons. The third kappa shape index (κ3) is 7.61. The van der Waals surface area contributed by atoms with Gasteiger partial charge in [0.1, 0.15) is 17.5 Å². The van der Waals surface area contributed by atoms with Gasteiger partial charge >= 0.3 is 12.4 Å². The third-order valence-corrected chi connectivity index (χ3v) is 8.50. The zero-order chi connectivity index (χ0) is 38.1. The highest BCUT2D eigenvalue weighted by Gasteiger charge is 2.37. The summed E-state index contributed by atoms with van der Waals surface area (Å²) in [7, 11) is 3.29. The number of anilines is 5. The Morgan fingerprint density at radius 2 is 1.06 bits per heavy atom. The molecule has 4 aromatic heterocycles. The van der Waals surface area contributed by atoms with Crippen LogP contribution in [0.15, 0.2) is 60.7 Å². The number of alkyl halides is 6. The molecule has 0 bridgehead atoms. The van der Waals surface area contributed by atoms with E-state index in [9.17, 15) is 30.7 Å². The Labute approximate surface area is 297 Å². The van der Waals surface area contributed by atoms with Crippen molar-refractivity contribution in [2.75, 3.05) is 54.2 Å². The van der Waals surface area contributed by atoms with Crippen LogP contribution < -0.4 is 27.0 Å². The molecule has 5 heterocycles. The fourth-order valence-corrected chi connectivity index (χ4v) is 6.18. The van der Waals surface area contributed by atoms with Crippen molar-refractivity contribution >= 4 is 51.3 Å². The van der Waals surface area contributed by atoms with E-state index in [0.717, 1.165) is 56.6 Å². The predicted molar refractivity (Wildman–Crippen MR) is 189 cm³/mol. The lowest BCUT2D eigenvalue weighted by molar-refractivity contribution is -0.138. The van der Waals surface area contributed by atoms with Gasteiger partial charge in [-0.1, -0.05) is 12.1 Å². The first kappa shape index (κ1) is 36.7. The summed E-state index contributed by atoms with van der Waals surface area (Å²) < 4.78 is 95.2. The SMILES string of the molecule is CNc1nc(N)nc2nc(-c3c(F)cccc3C(F)(F)F)ccc12.CNc1nc(N)nc2nc(-c3c(N4CCCCC4)cccc3C(F)(F)F)ccc12. The maximum absolute atomic E-state index is 14.1. The van der Waals surface area contributed by atoms with Crippen LogP contribution in [-0.2, 0) is 12.4 Å². The molecule has 1 saturated heterocycles. The van der Waals surface area contributed by atoms with E-state index in [1.807, 2.05) is 4.90 Å². The molecule has 0 aliphatic carbocycles. The molecule has 1 aliphatic heterocycles. The lowest BCUT2D eigenvalue weighted by Gasteiger charge is -2.31. The average molecular weight is 740 g/mol. The smallest absolute Gasteiger partial charge is 0.372 e. The Morgan fingerprint density at radius 1 is 0.585 bits per heavy atom. The second-order valence-corrected chi connectivity index (χ2v) is 11.9. The summed E-state index contributed by atoms with van der Waals surface area (Å²) in [5, 5.41) is 6.75. The molecule has 11 nitrogen and oxygen atoms in total. The van der Waals surface area contributed by atoms with E-state index in [-0.39, 0.29) is 40.1 Å². The molecule has 53 heavy (non-hydrogen) atoms. The molecule has 1 aliphatic rings. The molecule has 0 spiro atoms. The number of halogens is 7. The van der Waals surface area contributed by atoms with E-state index in [1.54, 1.807) is 32.3 Å². The van der Waals surface area contributed by atoms with Crippen LogP contribution in [0.25, 0.3) is 44.6 Å². The van der Waals surface area contributed by atoms with Crippen LogP contribution in [-0.4, -0.2) is 57.1 Å². The number of hydrogen-bond acceptors (Lipinski definition) is 11. The van der Waals surface area contributed by atoms with Gasteiger partial charge in [0.25, 0.3) is 0 Å². The molecule has 2 aromatic carbocycles. The standard InChI is InChI=1S/C20H21F3N6.C15H11F4N5/c1-25-17-12-8-9-14(26-18(12)28-19(24)27-17)16-13(20(21,22)23)6-5-7-15(16)29-10-3-2-4-11-29;1-21-12-7-5-6-10(22-13(7)24-14(20)23-12)11-8(15(17,18)19)3-2-4-9(11)16/h5-9H,2-4,10-11H2,1H3,(H3,24,25,26,27,28);2-6H,1H3,(H3,20,21,22,23,24). The normalized spacial score (nSPS) is 13.5. The van der Waals surface area contributed by atoms with Crippen LogP contribution >= 0.6 is 0 Å². The summed E-state index contributed by atoms with van der Waals surface area (Å²) in [6, 6.07) is 13.1. The van der Waals surface area contributed by atoms with Crippen molar-refractivity contribution in [3.05, 3.63) is 77.6 Å². The van der Waals surface area contributed by atoms with Crippen LogP contribution in [0.2, 0.25) is 0 Å².